The van der Waals surface area contributed by atoms with Crippen molar-refractivity contribution in [3.8, 4) is 5.75 Å². The fourth-order valence-corrected chi connectivity index (χ4v) is 1.63. The number of nitrogens with one attached hydrogen (secondary N) is 1. The van der Waals surface area contributed by atoms with Crippen LogP contribution >= 0.6 is 0 Å². The zero-order chi connectivity index (χ0) is 13.8. The highest BCUT2D eigenvalue weighted by atomic mass is 16.5. The van der Waals surface area contributed by atoms with Gasteiger partial charge in [0.05, 0.1) is 6.10 Å². The quantitative estimate of drug-likeness (QED) is 0.744. The molecule has 2 atom stereocenters. The molecule has 1 aromatic rings. The first-order valence-corrected chi connectivity index (χ1v) is 6.13. The van der Waals surface area contributed by atoms with Crippen molar-refractivity contribution in [2.24, 2.45) is 0 Å². The van der Waals surface area contributed by atoms with E-state index >= 15 is 0 Å². The minimum atomic E-state index is -0.888. The topological polar surface area (TPSA) is 61.7 Å². The third kappa shape index (κ3) is 4.64. The van der Waals surface area contributed by atoms with Gasteiger partial charge in [-0.15, -0.1) is 0 Å². The molecule has 0 saturated heterocycles. The van der Waals surface area contributed by atoms with Gasteiger partial charge in [0.25, 0.3) is 0 Å². The third-order valence-electron chi connectivity index (χ3n) is 2.42. The lowest BCUT2D eigenvalue weighted by molar-refractivity contribution is 0.0201. The van der Waals surface area contributed by atoms with Gasteiger partial charge in [-0.1, -0.05) is 12.1 Å². The summed E-state index contributed by atoms with van der Waals surface area (Å²) in [5.74, 6) is 0.751. The van der Waals surface area contributed by atoms with Crippen molar-refractivity contribution >= 4 is 0 Å². The van der Waals surface area contributed by atoms with E-state index in [1.54, 1.807) is 31.3 Å². The molecule has 102 valence electrons. The first-order valence-electron chi connectivity index (χ1n) is 6.13. The van der Waals surface area contributed by atoms with Gasteiger partial charge in [-0.25, -0.2) is 0 Å². The van der Waals surface area contributed by atoms with Crippen LogP contribution in [0.5, 0.6) is 5.75 Å². The fraction of sp³-hybridized carbons (Fsp3) is 0.571. The standard InChI is InChI=1S/C14H23NO3/c1-14(2,3)18-11-7-5-10(6-8-11)13(17)12(16)9-15-4/h5-8,12-13,15-17H,9H2,1-4H3. The van der Waals surface area contributed by atoms with Gasteiger partial charge < -0.3 is 20.3 Å². The minimum absolute atomic E-state index is 0.244. The van der Waals surface area contributed by atoms with Gasteiger partial charge in [-0.2, -0.15) is 0 Å². The van der Waals surface area contributed by atoms with Crippen molar-refractivity contribution in [3.63, 3.8) is 0 Å². The summed E-state index contributed by atoms with van der Waals surface area (Å²) in [5.41, 5.74) is 0.435. The molecule has 0 aliphatic rings. The Bertz CT molecular complexity index is 356. The Labute approximate surface area is 109 Å². The van der Waals surface area contributed by atoms with Crippen LogP contribution in [0.15, 0.2) is 24.3 Å². The van der Waals surface area contributed by atoms with E-state index in [1.165, 1.54) is 0 Å². The van der Waals surface area contributed by atoms with E-state index in [-0.39, 0.29) is 5.60 Å². The Morgan fingerprint density at radius 3 is 2.17 bits per heavy atom. The third-order valence-corrected chi connectivity index (χ3v) is 2.42. The van der Waals surface area contributed by atoms with Crippen LogP contribution in [-0.4, -0.2) is 35.5 Å². The predicted octanol–water partition coefficient (Wildman–Crippen LogP) is 1.48. The molecular weight excluding hydrogens is 230 g/mol. The molecule has 0 aliphatic carbocycles. The largest absolute Gasteiger partial charge is 0.488 e. The average molecular weight is 253 g/mol. The van der Waals surface area contributed by atoms with Crippen molar-refractivity contribution in [1.29, 1.82) is 0 Å². The summed E-state index contributed by atoms with van der Waals surface area (Å²) < 4.78 is 5.69. The SMILES string of the molecule is CNCC(O)C(O)c1ccc(OC(C)(C)C)cc1. The van der Waals surface area contributed by atoms with Crippen LogP contribution in [0.2, 0.25) is 0 Å². The number of benzene rings is 1. The van der Waals surface area contributed by atoms with Gasteiger partial charge in [0.2, 0.25) is 0 Å². The lowest BCUT2D eigenvalue weighted by Gasteiger charge is -2.22. The second-order valence-corrected chi connectivity index (χ2v) is 5.35. The van der Waals surface area contributed by atoms with Crippen molar-refractivity contribution in [2.75, 3.05) is 13.6 Å². The Hall–Kier alpha value is -1.10. The molecule has 1 aromatic carbocycles. The van der Waals surface area contributed by atoms with Gasteiger partial charge in [-0.05, 0) is 45.5 Å². The Balaban J connectivity index is 2.70. The summed E-state index contributed by atoms with van der Waals surface area (Å²) in [6, 6.07) is 7.14. The molecule has 2 unspecified atom stereocenters. The van der Waals surface area contributed by atoms with Crippen LogP contribution in [0, 0.1) is 0 Å². The van der Waals surface area contributed by atoms with E-state index in [0.29, 0.717) is 12.1 Å². The normalized spacial score (nSPS) is 15.2. The van der Waals surface area contributed by atoms with Gasteiger partial charge in [-0.3, -0.25) is 0 Å². The maximum absolute atomic E-state index is 9.91. The number of hydrogen-bond acceptors (Lipinski definition) is 4. The van der Waals surface area contributed by atoms with Crippen LogP contribution in [-0.2, 0) is 0 Å². The van der Waals surface area contributed by atoms with E-state index in [1.807, 2.05) is 20.8 Å². The van der Waals surface area contributed by atoms with Gasteiger partial charge >= 0.3 is 0 Å². The van der Waals surface area contributed by atoms with Crippen LogP contribution < -0.4 is 10.1 Å². The fourth-order valence-electron chi connectivity index (χ4n) is 1.63. The van der Waals surface area contributed by atoms with Crippen LogP contribution in [0.4, 0.5) is 0 Å². The summed E-state index contributed by atoms with van der Waals surface area (Å²) in [5, 5.41) is 22.4. The molecule has 0 fully saturated rings. The molecule has 0 heterocycles. The Morgan fingerprint density at radius 1 is 1.17 bits per heavy atom. The number of aliphatic hydroxyl groups excluding tert-OH is 2. The van der Waals surface area contributed by atoms with E-state index in [0.717, 1.165) is 5.75 Å². The van der Waals surface area contributed by atoms with Crippen LogP contribution in [0.1, 0.15) is 32.4 Å². The molecule has 0 aromatic heterocycles. The van der Waals surface area contributed by atoms with E-state index in [2.05, 4.69) is 5.32 Å². The van der Waals surface area contributed by atoms with Gasteiger partial charge in [0.15, 0.2) is 0 Å². The van der Waals surface area contributed by atoms with E-state index < -0.39 is 12.2 Å². The van der Waals surface area contributed by atoms with Crippen molar-refractivity contribution in [2.45, 2.75) is 38.6 Å². The number of rotatable bonds is 5. The molecule has 0 spiro atoms. The molecule has 18 heavy (non-hydrogen) atoms. The minimum Gasteiger partial charge on any atom is -0.488 e. The molecule has 1 rings (SSSR count). The molecular formula is C14H23NO3. The lowest BCUT2D eigenvalue weighted by atomic mass is 10.0. The first kappa shape index (κ1) is 15.0. The second kappa shape index (κ2) is 6.18. The number of ether oxygens (including phenoxy) is 1. The highest BCUT2D eigenvalue weighted by molar-refractivity contribution is 5.29. The molecule has 3 N–H and O–H groups in total. The van der Waals surface area contributed by atoms with E-state index in [4.69, 9.17) is 4.74 Å². The molecule has 0 saturated carbocycles. The summed E-state index contributed by atoms with van der Waals surface area (Å²) in [4.78, 5) is 0. The molecule has 0 aliphatic heterocycles. The molecule has 0 radical (unpaired) electrons. The van der Waals surface area contributed by atoms with Crippen LogP contribution in [0.25, 0.3) is 0 Å². The maximum atomic E-state index is 9.91. The summed E-state index contributed by atoms with van der Waals surface area (Å²) in [7, 11) is 1.73. The monoisotopic (exact) mass is 253 g/mol. The zero-order valence-electron chi connectivity index (χ0n) is 11.5. The molecule has 0 bridgehead atoms. The van der Waals surface area contributed by atoms with Crippen LogP contribution in [0.3, 0.4) is 0 Å². The van der Waals surface area contributed by atoms with Gasteiger partial charge in [0.1, 0.15) is 17.5 Å². The summed E-state index contributed by atoms with van der Waals surface area (Å²) in [6.45, 7) is 6.28. The predicted molar refractivity (Wildman–Crippen MR) is 71.7 cm³/mol. The molecule has 4 nitrogen and oxygen atoms in total. The number of likely N-dealkylation sites (N-methyl/N-ethyl adjacent to an activating group) is 1. The highest BCUT2D eigenvalue weighted by Gasteiger charge is 2.18. The van der Waals surface area contributed by atoms with Gasteiger partial charge in [0, 0.05) is 6.54 Å². The first-order chi connectivity index (χ1) is 8.33. The zero-order valence-corrected chi connectivity index (χ0v) is 11.5. The smallest absolute Gasteiger partial charge is 0.120 e. The Morgan fingerprint density at radius 2 is 1.72 bits per heavy atom. The van der Waals surface area contributed by atoms with E-state index in [9.17, 15) is 10.2 Å². The van der Waals surface area contributed by atoms with Crippen molar-refractivity contribution in [1.82, 2.24) is 5.32 Å². The maximum Gasteiger partial charge on any atom is 0.120 e. The average Bonchev–Trinajstić information content (AvgIpc) is 2.27. The molecule has 4 heteroatoms. The number of aliphatic hydroxyl groups is 2. The highest BCUT2D eigenvalue weighted by Crippen LogP contribution is 2.22. The molecule has 0 amide bonds. The lowest BCUT2D eigenvalue weighted by Crippen LogP contribution is -2.29. The van der Waals surface area contributed by atoms with Crippen molar-refractivity contribution < 1.29 is 14.9 Å². The number of hydrogen-bond donors (Lipinski definition) is 3. The second-order valence-electron chi connectivity index (χ2n) is 5.35. The van der Waals surface area contributed by atoms with Crippen molar-refractivity contribution in [3.05, 3.63) is 29.8 Å². The summed E-state index contributed by atoms with van der Waals surface area (Å²) in [6.07, 6.45) is -1.70. The summed E-state index contributed by atoms with van der Waals surface area (Å²) >= 11 is 0. The Kier molecular flexibility index (Phi) is 5.14.